The second kappa shape index (κ2) is 7.13. The first-order chi connectivity index (χ1) is 12.0. The minimum atomic E-state index is -0.684. The van der Waals surface area contributed by atoms with E-state index in [1.165, 1.54) is 11.1 Å². The topological polar surface area (TPSA) is 73.8 Å². The summed E-state index contributed by atoms with van der Waals surface area (Å²) in [6.45, 7) is 1.63. The molecule has 0 aromatic heterocycles. The Bertz CT molecular complexity index is 855. The van der Waals surface area contributed by atoms with Crippen molar-refractivity contribution < 1.29 is 9.59 Å². The number of nitrogens with one attached hydrogen (secondary N) is 2. The van der Waals surface area contributed by atoms with Gasteiger partial charge in [-0.15, -0.1) is 0 Å². The zero-order valence-corrected chi connectivity index (χ0v) is 14.7. The number of aliphatic imine (C=N–C) groups is 1. The van der Waals surface area contributed by atoms with Crippen LogP contribution in [0.5, 0.6) is 0 Å². The third-order valence-corrected chi connectivity index (χ3v) is 4.26. The minimum absolute atomic E-state index is 0.0297. The van der Waals surface area contributed by atoms with Gasteiger partial charge in [-0.25, -0.2) is 10.0 Å². The van der Waals surface area contributed by atoms with Gasteiger partial charge in [0.25, 0.3) is 11.8 Å². The Labute approximate surface area is 154 Å². The quantitative estimate of drug-likeness (QED) is 0.862. The van der Waals surface area contributed by atoms with Gasteiger partial charge in [0, 0.05) is 5.69 Å². The smallest absolute Gasteiger partial charge is 0.292 e. The van der Waals surface area contributed by atoms with Gasteiger partial charge in [0.15, 0.2) is 0 Å². The first kappa shape index (κ1) is 17.3. The van der Waals surface area contributed by atoms with Crippen molar-refractivity contribution in [1.82, 2.24) is 5.43 Å². The second-order valence-electron chi connectivity index (χ2n) is 5.36. The van der Waals surface area contributed by atoms with E-state index in [4.69, 9.17) is 23.2 Å². The Hall–Kier alpha value is -2.57. The monoisotopic (exact) mass is 376 g/mol. The molecule has 1 atom stereocenters. The number of amidine groups is 1. The third-order valence-electron chi connectivity index (χ3n) is 3.53. The van der Waals surface area contributed by atoms with Gasteiger partial charge in [-0.3, -0.25) is 15.0 Å². The lowest BCUT2D eigenvalue weighted by Crippen LogP contribution is -2.57. The highest BCUT2D eigenvalue weighted by Crippen LogP contribution is 2.25. The van der Waals surface area contributed by atoms with Gasteiger partial charge in [0.2, 0.25) is 5.84 Å². The van der Waals surface area contributed by atoms with Crippen LogP contribution in [0.3, 0.4) is 0 Å². The molecule has 0 radical (unpaired) electrons. The first-order valence-corrected chi connectivity index (χ1v) is 8.21. The van der Waals surface area contributed by atoms with Crippen molar-refractivity contribution in [3.05, 3.63) is 58.6 Å². The molecule has 128 valence electrons. The molecule has 2 amide bonds. The molecule has 8 heteroatoms. The molecule has 0 fully saturated rings. The van der Waals surface area contributed by atoms with Crippen LogP contribution >= 0.6 is 23.2 Å². The average Bonchev–Trinajstić information content (AvgIpc) is 2.61. The maximum atomic E-state index is 12.5. The van der Waals surface area contributed by atoms with Gasteiger partial charge in [0.1, 0.15) is 6.04 Å². The van der Waals surface area contributed by atoms with Crippen LogP contribution < -0.4 is 15.8 Å². The number of rotatable bonds is 3. The van der Waals surface area contributed by atoms with Crippen LogP contribution in [0.2, 0.25) is 10.0 Å². The molecule has 2 aromatic carbocycles. The fourth-order valence-electron chi connectivity index (χ4n) is 2.27. The van der Waals surface area contributed by atoms with E-state index in [9.17, 15) is 9.59 Å². The highest BCUT2D eigenvalue weighted by atomic mass is 35.5. The highest BCUT2D eigenvalue weighted by molar-refractivity contribution is 6.44. The summed E-state index contributed by atoms with van der Waals surface area (Å²) < 4.78 is 0. The van der Waals surface area contributed by atoms with Crippen molar-refractivity contribution in [1.29, 1.82) is 0 Å². The maximum Gasteiger partial charge on any atom is 0.292 e. The number of carbonyl (C=O) groups is 2. The summed E-state index contributed by atoms with van der Waals surface area (Å²) in [6.07, 6.45) is 0. The Morgan fingerprint density at radius 1 is 1.16 bits per heavy atom. The molecule has 6 nitrogen and oxygen atoms in total. The molecule has 0 saturated carbocycles. The predicted molar refractivity (Wildman–Crippen MR) is 99.1 cm³/mol. The van der Waals surface area contributed by atoms with Crippen LogP contribution in [0, 0.1) is 0 Å². The summed E-state index contributed by atoms with van der Waals surface area (Å²) in [6, 6.07) is 13.0. The number of hydrogen-bond acceptors (Lipinski definition) is 4. The Balaban J connectivity index is 1.81. The summed E-state index contributed by atoms with van der Waals surface area (Å²) in [5, 5.41) is 4.70. The van der Waals surface area contributed by atoms with E-state index in [0.717, 1.165) is 0 Å². The summed E-state index contributed by atoms with van der Waals surface area (Å²) in [5.74, 6) is -0.710. The zero-order chi connectivity index (χ0) is 18.0. The average molecular weight is 377 g/mol. The number of nitrogens with zero attached hydrogens (tertiary/aromatic N) is 2. The van der Waals surface area contributed by atoms with E-state index in [1.807, 2.05) is 6.07 Å². The SMILES string of the molecule is CC1N=C(C(=O)Nc2ccc(Cl)c(Cl)c2)NN(c2ccccc2)C1=O. The molecule has 1 heterocycles. The zero-order valence-electron chi connectivity index (χ0n) is 13.2. The van der Waals surface area contributed by atoms with Gasteiger partial charge in [0.05, 0.1) is 15.7 Å². The second-order valence-corrected chi connectivity index (χ2v) is 6.17. The molecule has 2 N–H and O–H groups in total. The van der Waals surface area contributed by atoms with Gasteiger partial charge in [-0.2, -0.15) is 0 Å². The molecular formula is C17H14Cl2N4O2. The molecule has 1 aliphatic rings. The maximum absolute atomic E-state index is 12.5. The van der Waals surface area contributed by atoms with Crippen molar-refractivity contribution in [3.8, 4) is 0 Å². The van der Waals surface area contributed by atoms with Crippen molar-refractivity contribution in [3.63, 3.8) is 0 Å². The van der Waals surface area contributed by atoms with Gasteiger partial charge < -0.3 is 5.32 Å². The fraction of sp³-hybridized carbons (Fsp3) is 0.118. The number of benzene rings is 2. The lowest BCUT2D eigenvalue weighted by atomic mass is 10.2. The van der Waals surface area contributed by atoms with Crippen molar-refractivity contribution in [2.75, 3.05) is 10.3 Å². The standard InChI is InChI=1S/C17H14Cl2N4O2/c1-10-17(25)23(12-5-3-2-4-6-12)22-15(20-10)16(24)21-11-7-8-13(18)14(19)9-11/h2-10H,1H3,(H,20,22)(H,21,24). The Kier molecular flexibility index (Phi) is 4.92. The number of carbonyl (C=O) groups excluding carboxylic acids is 2. The molecule has 3 rings (SSSR count). The normalized spacial score (nSPS) is 16.9. The van der Waals surface area contributed by atoms with Crippen LogP contribution in [0.4, 0.5) is 11.4 Å². The van der Waals surface area contributed by atoms with E-state index in [1.54, 1.807) is 43.3 Å². The number of halogens is 2. The summed E-state index contributed by atoms with van der Waals surface area (Å²) in [5.41, 5.74) is 3.85. The number of amides is 2. The largest absolute Gasteiger partial charge is 0.319 e. The minimum Gasteiger partial charge on any atom is -0.319 e. The third kappa shape index (κ3) is 3.75. The summed E-state index contributed by atoms with van der Waals surface area (Å²) >= 11 is 11.8. The number of anilines is 2. The van der Waals surface area contributed by atoms with Crippen molar-refractivity contribution in [2.45, 2.75) is 13.0 Å². The first-order valence-electron chi connectivity index (χ1n) is 7.45. The Morgan fingerprint density at radius 3 is 2.56 bits per heavy atom. The van der Waals surface area contributed by atoms with Crippen molar-refractivity contribution >= 4 is 52.2 Å². The lowest BCUT2D eigenvalue weighted by molar-refractivity contribution is -0.120. The van der Waals surface area contributed by atoms with Crippen LogP contribution in [0.15, 0.2) is 53.5 Å². The van der Waals surface area contributed by atoms with Crippen molar-refractivity contribution in [2.24, 2.45) is 4.99 Å². The van der Waals surface area contributed by atoms with Gasteiger partial charge in [-0.1, -0.05) is 41.4 Å². The summed E-state index contributed by atoms with van der Waals surface area (Å²) in [7, 11) is 0. The molecular weight excluding hydrogens is 363 g/mol. The molecule has 0 aliphatic carbocycles. The lowest BCUT2D eigenvalue weighted by Gasteiger charge is -2.30. The molecule has 2 aromatic rings. The molecule has 0 spiro atoms. The highest BCUT2D eigenvalue weighted by Gasteiger charge is 2.30. The molecule has 0 saturated heterocycles. The van der Waals surface area contributed by atoms with Crippen LogP contribution in [-0.2, 0) is 9.59 Å². The molecule has 1 unspecified atom stereocenters. The number of hydrogen-bond donors (Lipinski definition) is 2. The summed E-state index contributed by atoms with van der Waals surface area (Å²) in [4.78, 5) is 28.9. The molecule has 0 bridgehead atoms. The number of hydrazine groups is 1. The van der Waals surface area contributed by atoms with Crippen LogP contribution in [-0.4, -0.2) is 23.7 Å². The van der Waals surface area contributed by atoms with Crippen LogP contribution in [0.25, 0.3) is 0 Å². The van der Waals surface area contributed by atoms with E-state index in [0.29, 0.717) is 21.4 Å². The fourth-order valence-corrected chi connectivity index (χ4v) is 2.57. The molecule has 1 aliphatic heterocycles. The van der Waals surface area contributed by atoms with E-state index < -0.39 is 11.9 Å². The predicted octanol–water partition coefficient (Wildman–Crippen LogP) is 3.27. The van der Waals surface area contributed by atoms with Gasteiger partial charge in [-0.05, 0) is 37.3 Å². The van der Waals surface area contributed by atoms with E-state index in [-0.39, 0.29) is 11.7 Å². The van der Waals surface area contributed by atoms with E-state index >= 15 is 0 Å². The van der Waals surface area contributed by atoms with E-state index in [2.05, 4.69) is 15.7 Å². The van der Waals surface area contributed by atoms with Gasteiger partial charge >= 0.3 is 0 Å². The van der Waals surface area contributed by atoms with Crippen LogP contribution in [0.1, 0.15) is 6.92 Å². The Morgan fingerprint density at radius 2 is 1.88 bits per heavy atom. The number of para-hydroxylation sites is 1. The molecule has 25 heavy (non-hydrogen) atoms.